The van der Waals surface area contributed by atoms with E-state index in [4.69, 9.17) is 5.11 Å². The average molecular weight is 198 g/mol. The van der Waals surface area contributed by atoms with Gasteiger partial charge in [-0.2, -0.15) is 0 Å². The van der Waals surface area contributed by atoms with Crippen LogP contribution in [-0.4, -0.2) is 18.8 Å². The van der Waals surface area contributed by atoms with Gasteiger partial charge in [-0.05, 0) is 12.1 Å². The maximum absolute atomic E-state index is 13.0. The van der Waals surface area contributed by atoms with Crippen molar-refractivity contribution in [2.24, 2.45) is 0 Å². The van der Waals surface area contributed by atoms with Crippen molar-refractivity contribution in [3.8, 4) is 17.6 Å². The summed E-state index contributed by atoms with van der Waals surface area (Å²) < 4.78 is 30.6. The Morgan fingerprint density at radius 1 is 1.36 bits per heavy atom. The van der Waals surface area contributed by atoms with Crippen LogP contribution in [0, 0.1) is 23.5 Å². The molecule has 2 nitrogen and oxygen atoms in total. The van der Waals surface area contributed by atoms with Gasteiger partial charge in [0, 0.05) is 5.56 Å². The van der Waals surface area contributed by atoms with E-state index in [-0.39, 0.29) is 12.2 Å². The predicted molar refractivity (Wildman–Crippen MR) is 46.9 cm³/mol. The molecule has 0 fully saturated rings. The van der Waals surface area contributed by atoms with E-state index in [1.807, 2.05) is 0 Å². The van der Waals surface area contributed by atoms with Crippen molar-refractivity contribution >= 4 is 0 Å². The summed E-state index contributed by atoms with van der Waals surface area (Å²) in [6, 6.07) is 2.09. The summed E-state index contributed by atoms with van der Waals surface area (Å²) >= 11 is 0. The van der Waals surface area contributed by atoms with Crippen molar-refractivity contribution in [3.05, 3.63) is 29.3 Å². The lowest BCUT2D eigenvalue weighted by Gasteiger charge is -2.02. The first-order chi connectivity index (χ1) is 6.69. The molecule has 0 atom stereocenters. The molecular weight excluding hydrogens is 190 g/mol. The number of rotatable bonds is 1. The molecule has 0 spiro atoms. The van der Waals surface area contributed by atoms with Gasteiger partial charge >= 0.3 is 0 Å². The van der Waals surface area contributed by atoms with Crippen molar-refractivity contribution in [3.63, 3.8) is 0 Å². The van der Waals surface area contributed by atoms with Gasteiger partial charge in [0.1, 0.15) is 6.61 Å². The number of aliphatic hydroxyl groups is 1. The van der Waals surface area contributed by atoms with Crippen LogP contribution in [0.3, 0.4) is 0 Å². The van der Waals surface area contributed by atoms with E-state index in [9.17, 15) is 8.78 Å². The normalized spacial score (nSPS) is 9.14. The van der Waals surface area contributed by atoms with E-state index in [1.54, 1.807) is 0 Å². The zero-order valence-electron chi connectivity index (χ0n) is 7.47. The summed E-state index contributed by atoms with van der Waals surface area (Å²) in [4.78, 5) is 0. The van der Waals surface area contributed by atoms with Crippen molar-refractivity contribution < 1.29 is 18.6 Å². The molecule has 1 aromatic carbocycles. The number of benzene rings is 1. The van der Waals surface area contributed by atoms with Gasteiger partial charge in [0.05, 0.1) is 7.11 Å². The van der Waals surface area contributed by atoms with Crippen molar-refractivity contribution in [2.45, 2.75) is 0 Å². The number of hydrogen-bond acceptors (Lipinski definition) is 2. The summed E-state index contributed by atoms with van der Waals surface area (Å²) in [6.45, 7) is -0.352. The number of aliphatic hydroxyl groups excluding tert-OH is 1. The Labute approximate surface area is 80.1 Å². The molecule has 0 saturated heterocycles. The minimum atomic E-state index is -0.810. The van der Waals surface area contributed by atoms with Gasteiger partial charge in [0.2, 0.25) is 0 Å². The lowest BCUT2D eigenvalue weighted by Crippen LogP contribution is -1.93. The summed E-state index contributed by atoms with van der Waals surface area (Å²) in [6.07, 6.45) is 0. The molecule has 0 aliphatic carbocycles. The van der Waals surface area contributed by atoms with E-state index >= 15 is 0 Å². The highest BCUT2D eigenvalue weighted by atomic mass is 19.1. The first-order valence-electron chi connectivity index (χ1n) is 3.81. The molecule has 1 N–H and O–H groups in total. The van der Waals surface area contributed by atoms with Gasteiger partial charge in [-0.25, -0.2) is 8.78 Å². The maximum Gasteiger partial charge on any atom is 0.190 e. The highest BCUT2D eigenvalue weighted by Crippen LogP contribution is 2.22. The van der Waals surface area contributed by atoms with Crippen LogP contribution in [0.2, 0.25) is 0 Å². The topological polar surface area (TPSA) is 29.5 Å². The van der Waals surface area contributed by atoms with Crippen LogP contribution < -0.4 is 4.74 Å². The van der Waals surface area contributed by atoms with Gasteiger partial charge in [0.25, 0.3) is 0 Å². The number of ether oxygens (including phenoxy) is 1. The van der Waals surface area contributed by atoms with E-state index in [1.165, 1.54) is 7.11 Å². The largest absolute Gasteiger partial charge is 0.491 e. The second kappa shape index (κ2) is 4.58. The van der Waals surface area contributed by atoms with E-state index in [0.29, 0.717) is 0 Å². The fraction of sp³-hybridized carbons (Fsp3) is 0.200. The maximum atomic E-state index is 13.0. The molecule has 1 aromatic rings. The summed E-state index contributed by atoms with van der Waals surface area (Å²) in [7, 11) is 1.18. The lowest BCUT2D eigenvalue weighted by atomic mass is 10.2. The Morgan fingerprint density at radius 3 is 2.36 bits per heavy atom. The zero-order valence-corrected chi connectivity index (χ0v) is 7.47. The van der Waals surface area contributed by atoms with Crippen LogP contribution in [0.1, 0.15) is 5.56 Å². The Balaban J connectivity index is 3.14. The molecule has 0 aliphatic heterocycles. The fourth-order valence-corrected chi connectivity index (χ4v) is 0.969. The predicted octanol–water partition coefficient (Wildman–Crippen LogP) is 1.32. The smallest absolute Gasteiger partial charge is 0.190 e. The van der Waals surface area contributed by atoms with Crippen LogP contribution in [-0.2, 0) is 0 Å². The van der Waals surface area contributed by atoms with E-state index in [2.05, 4.69) is 16.6 Å². The minimum absolute atomic E-state index is 0.162. The van der Waals surface area contributed by atoms with Gasteiger partial charge < -0.3 is 9.84 Å². The van der Waals surface area contributed by atoms with Crippen molar-refractivity contribution in [1.29, 1.82) is 0 Å². The van der Waals surface area contributed by atoms with Gasteiger partial charge in [-0.1, -0.05) is 11.8 Å². The molecule has 4 heteroatoms. The van der Waals surface area contributed by atoms with E-state index in [0.717, 1.165) is 12.1 Å². The second-order valence-corrected chi connectivity index (χ2v) is 2.43. The van der Waals surface area contributed by atoms with Crippen LogP contribution in [0.4, 0.5) is 8.78 Å². The van der Waals surface area contributed by atoms with Crippen molar-refractivity contribution in [1.82, 2.24) is 0 Å². The second-order valence-electron chi connectivity index (χ2n) is 2.43. The monoisotopic (exact) mass is 198 g/mol. The highest BCUT2D eigenvalue weighted by Gasteiger charge is 2.09. The Bertz CT molecular complexity index is 368. The molecule has 0 heterocycles. The Hall–Kier alpha value is -1.60. The number of halogens is 2. The first kappa shape index (κ1) is 10.5. The molecule has 1 rings (SSSR count). The third kappa shape index (κ3) is 2.21. The zero-order chi connectivity index (χ0) is 10.6. The SMILES string of the molecule is COc1c(F)cc(C#CCO)cc1F. The van der Waals surface area contributed by atoms with Crippen LogP contribution in [0.5, 0.6) is 5.75 Å². The molecule has 0 saturated carbocycles. The van der Waals surface area contributed by atoms with Crippen LogP contribution >= 0.6 is 0 Å². The quantitative estimate of drug-likeness (QED) is 0.689. The molecule has 0 aliphatic rings. The summed E-state index contributed by atoms with van der Waals surface area (Å²) in [5.41, 5.74) is 0.162. The number of methoxy groups -OCH3 is 1. The minimum Gasteiger partial charge on any atom is -0.491 e. The highest BCUT2D eigenvalue weighted by molar-refractivity contribution is 5.40. The summed E-state index contributed by atoms with van der Waals surface area (Å²) in [5.74, 6) is 2.63. The lowest BCUT2D eigenvalue weighted by molar-refractivity contribution is 0.350. The molecule has 14 heavy (non-hydrogen) atoms. The molecule has 0 unspecified atom stereocenters. The molecule has 0 bridgehead atoms. The Morgan fingerprint density at radius 2 is 1.93 bits per heavy atom. The molecular formula is C10H8F2O2. The van der Waals surface area contributed by atoms with Crippen molar-refractivity contribution in [2.75, 3.05) is 13.7 Å². The average Bonchev–Trinajstić information content (AvgIpc) is 2.14. The van der Waals surface area contributed by atoms with Crippen LogP contribution in [0.25, 0.3) is 0 Å². The van der Waals surface area contributed by atoms with Gasteiger partial charge in [-0.15, -0.1) is 0 Å². The summed E-state index contributed by atoms with van der Waals surface area (Å²) in [5, 5.41) is 8.38. The van der Waals surface area contributed by atoms with Crippen LogP contribution in [0.15, 0.2) is 12.1 Å². The number of hydrogen-bond donors (Lipinski definition) is 1. The van der Waals surface area contributed by atoms with E-state index < -0.39 is 17.4 Å². The molecule has 0 radical (unpaired) electrons. The molecule has 74 valence electrons. The molecule has 0 amide bonds. The standard InChI is InChI=1S/C10H8F2O2/c1-14-10-8(11)5-7(3-2-4-13)6-9(10)12/h5-6,13H,4H2,1H3. The first-order valence-corrected chi connectivity index (χ1v) is 3.81. The van der Waals surface area contributed by atoms with Gasteiger partial charge in [-0.3, -0.25) is 0 Å². The third-order valence-corrected chi connectivity index (χ3v) is 1.51. The Kier molecular flexibility index (Phi) is 3.43. The van der Waals surface area contributed by atoms with Gasteiger partial charge in [0.15, 0.2) is 17.4 Å². The fourth-order valence-electron chi connectivity index (χ4n) is 0.969. The molecule has 0 aromatic heterocycles. The third-order valence-electron chi connectivity index (χ3n) is 1.51.